The predicted octanol–water partition coefficient (Wildman–Crippen LogP) is -1.04. The number of ether oxygens (including phenoxy) is 1. The molecule has 1 aliphatic rings. The first-order valence-corrected chi connectivity index (χ1v) is 8.09. The van der Waals surface area contributed by atoms with Crippen molar-refractivity contribution in [3.05, 3.63) is 12.2 Å². The highest BCUT2D eigenvalue weighted by atomic mass is 16.5. The Bertz CT molecular complexity index is 558. The molecule has 0 bridgehead atoms. The number of piperazine rings is 1. The summed E-state index contributed by atoms with van der Waals surface area (Å²) in [5.41, 5.74) is -0.564. The van der Waals surface area contributed by atoms with Gasteiger partial charge in [-0.2, -0.15) is 0 Å². The van der Waals surface area contributed by atoms with E-state index in [2.05, 4.69) is 20.7 Å². The minimum absolute atomic E-state index is 0.238. The highest BCUT2D eigenvalue weighted by molar-refractivity contribution is 5.96. The molecule has 2 unspecified atom stereocenters. The second-order valence-electron chi connectivity index (χ2n) is 6.32. The zero-order valence-electron chi connectivity index (χ0n) is 14.6. The molecule has 1 fully saturated rings. The zero-order chi connectivity index (χ0) is 19.0. The van der Waals surface area contributed by atoms with Crippen LogP contribution in [-0.2, 0) is 23.9 Å². The van der Waals surface area contributed by atoms with Crippen molar-refractivity contribution < 1.29 is 29.0 Å². The molecule has 1 saturated heterocycles. The summed E-state index contributed by atoms with van der Waals surface area (Å²) < 4.78 is 4.66. The van der Waals surface area contributed by atoms with E-state index in [4.69, 9.17) is 0 Å². The lowest BCUT2D eigenvalue weighted by molar-refractivity contribution is -0.147. The van der Waals surface area contributed by atoms with Crippen LogP contribution in [-0.4, -0.2) is 54.2 Å². The number of carbonyl (C=O) groups is 4. The average molecular weight is 355 g/mol. The molecule has 0 aromatic carbocycles. The van der Waals surface area contributed by atoms with E-state index in [1.807, 2.05) is 13.8 Å². The number of aliphatic hydroxyl groups is 1. The van der Waals surface area contributed by atoms with Crippen molar-refractivity contribution in [1.29, 1.82) is 0 Å². The van der Waals surface area contributed by atoms with Crippen molar-refractivity contribution in [2.24, 2.45) is 5.41 Å². The van der Waals surface area contributed by atoms with Crippen molar-refractivity contribution in [1.82, 2.24) is 16.0 Å². The molecule has 1 aliphatic heterocycles. The predicted molar refractivity (Wildman–Crippen MR) is 87.9 cm³/mol. The van der Waals surface area contributed by atoms with Gasteiger partial charge in [-0.05, 0) is 25.2 Å². The lowest BCUT2D eigenvalue weighted by atomic mass is 9.79. The number of esters is 1. The molecule has 3 amide bonds. The lowest BCUT2D eigenvalue weighted by Gasteiger charge is -2.37. The minimum Gasteiger partial charge on any atom is -0.463 e. The fraction of sp³-hybridized carbons (Fsp3) is 0.625. The summed E-state index contributed by atoms with van der Waals surface area (Å²) in [5, 5.41) is 16.6. The van der Waals surface area contributed by atoms with Crippen molar-refractivity contribution in [3.8, 4) is 0 Å². The Labute approximate surface area is 146 Å². The van der Waals surface area contributed by atoms with E-state index >= 15 is 0 Å². The molecule has 0 radical (unpaired) electrons. The van der Waals surface area contributed by atoms with Gasteiger partial charge in [0.15, 0.2) is 0 Å². The van der Waals surface area contributed by atoms with E-state index < -0.39 is 41.4 Å². The first-order valence-electron chi connectivity index (χ1n) is 8.09. The van der Waals surface area contributed by atoms with Crippen LogP contribution in [0.4, 0.5) is 0 Å². The number of nitrogens with one attached hydrogen (secondary N) is 3. The van der Waals surface area contributed by atoms with E-state index in [-0.39, 0.29) is 6.61 Å². The largest absolute Gasteiger partial charge is 0.463 e. The van der Waals surface area contributed by atoms with Gasteiger partial charge < -0.3 is 25.8 Å². The molecule has 9 nitrogen and oxygen atoms in total. The van der Waals surface area contributed by atoms with Gasteiger partial charge in [-0.3, -0.25) is 14.4 Å². The maximum Gasteiger partial charge on any atom is 0.330 e. The molecule has 1 rings (SSSR count). The Balaban J connectivity index is 2.39. The molecule has 0 aromatic heterocycles. The molecule has 9 heteroatoms. The second-order valence-corrected chi connectivity index (χ2v) is 6.32. The summed E-state index contributed by atoms with van der Waals surface area (Å²) in [5.74, 6) is -2.09. The molecule has 0 saturated carbocycles. The maximum absolute atomic E-state index is 11.9. The van der Waals surface area contributed by atoms with E-state index in [0.29, 0.717) is 19.4 Å². The van der Waals surface area contributed by atoms with Gasteiger partial charge in [0.05, 0.1) is 6.61 Å². The molecule has 25 heavy (non-hydrogen) atoms. The van der Waals surface area contributed by atoms with Gasteiger partial charge in [-0.1, -0.05) is 13.8 Å². The van der Waals surface area contributed by atoms with Crippen LogP contribution in [0.2, 0.25) is 0 Å². The molecule has 0 aromatic rings. The van der Waals surface area contributed by atoms with Crippen LogP contribution in [0.25, 0.3) is 0 Å². The SMILES string of the molecule is CCOC(=O)/C=C/C(=O)NCCCC(C)(C)C1NC(=O)C(O)NC1=O. The molecule has 0 spiro atoms. The lowest BCUT2D eigenvalue weighted by Crippen LogP contribution is -2.65. The Kier molecular flexibility index (Phi) is 7.56. The standard InChI is InChI=1S/C16H25N3O6/c1-4-25-11(21)7-6-10(20)17-9-5-8-16(2,3)12-13(22)19-15(24)14(23)18-12/h6-7,12,15,24H,4-5,8-9H2,1-3H3,(H,17,20)(H,18,23)(H,19,22)/b7-6+. The van der Waals surface area contributed by atoms with Crippen molar-refractivity contribution in [2.75, 3.05) is 13.2 Å². The van der Waals surface area contributed by atoms with Gasteiger partial charge in [-0.15, -0.1) is 0 Å². The summed E-state index contributed by atoms with van der Waals surface area (Å²) in [6.07, 6.45) is 1.73. The summed E-state index contributed by atoms with van der Waals surface area (Å²) in [6, 6.07) is -0.761. The van der Waals surface area contributed by atoms with E-state index in [9.17, 15) is 24.3 Å². The van der Waals surface area contributed by atoms with Gasteiger partial charge in [0.2, 0.25) is 18.0 Å². The van der Waals surface area contributed by atoms with Crippen LogP contribution in [0.15, 0.2) is 12.2 Å². The Morgan fingerprint density at radius 3 is 2.56 bits per heavy atom. The zero-order valence-corrected chi connectivity index (χ0v) is 14.6. The highest BCUT2D eigenvalue weighted by Crippen LogP contribution is 2.28. The molecule has 1 heterocycles. The third-order valence-corrected chi connectivity index (χ3v) is 3.81. The van der Waals surface area contributed by atoms with Gasteiger partial charge in [0.25, 0.3) is 5.91 Å². The van der Waals surface area contributed by atoms with E-state index in [1.54, 1.807) is 6.92 Å². The summed E-state index contributed by atoms with van der Waals surface area (Å²) in [6.45, 7) is 5.89. The Hall–Kier alpha value is -2.42. The van der Waals surface area contributed by atoms with Crippen molar-refractivity contribution in [2.45, 2.75) is 45.9 Å². The summed E-state index contributed by atoms with van der Waals surface area (Å²) >= 11 is 0. The number of hydrogen-bond donors (Lipinski definition) is 4. The average Bonchev–Trinajstić information content (AvgIpc) is 2.53. The fourth-order valence-corrected chi connectivity index (χ4v) is 2.41. The highest BCUT2D eigenvalue weighted by Gasteiger charge is 2.41. The second kappa shape index (κ2) is 9.16. The first-order chi connectivity index (χ1) is 11.7. The normalized spacial score (nSPS) is 20.8. The van der Waals surface area contributed by atoms with Crippen LogP contribution >= 0.6 is 0 Å². The molecular formula is C16H25N3O6. The van der Waals surface area contributed by atoms with E-state index in [1.165, 1.54) is 0 Å². The monoisotopic (exact) mass is 355 g/mol. The number of carbonyl (C=O) groups excluding carboxylic acids is 4. The molecular weight excluding hydrogens is 330 g/mol. The number of rotatable bonds is 8. The van der Waals surface area contributed by atoms with Crippen LogP contribution < -0.4 is 16.0 Å². The van der Waals surface area contributed by atoms with E-state index in [0.717, 1.165) is 12.2 Å². The molecule has 0 aliphatic carbocycles. The third kappa shape index (κ3) is 6.54. The maximum atomic E-state index is 11.9. The molecule has 2 atom stereocenters. The Morgan fingerprint density at radius 2 is 1.92 bits per heavy atom. The molecule has 140 valence electrons. The topological polar surface area (TPSA) is 134 Å². The molecule has 4 N–H and O–H groups in total. The Morgan fingerprint density at radius 1 is 1.24 bits per heavy atom. The minimum atomic E-state index is -1.52. The smallest absolute Gasteiger partial charge is 0.330 e. The van der Waals surface area contributed by atoms with Gasteiger partial charge >= 0.3 is 5.97 Å². The fourth-order valence-electron chi connectivity index (χ4n) is 2.41. The quantitative estimate of drug-likeness (QED) is 0.250. The van der Waals surface area contributed by atoms with Gasteiger partial charge in [0.1, 0.15) is 6.04 Å². The van der Waals surface area contributed by atoms with Crippen LogP contribution in [0.5, 0.6) is 0 Å². The van der Waals surface area contributed by atoms with Crippen LogP contribution in [0, 0.1) is 5.41 Å². The van der Waals surface area contributed by atoms with Crippen LogP contribution in [0.1, 0.15) is 33.6 Å². The van der Waals surface area contributed by atoms with Crippen molar-refractivity contribution >= 4 is 23.7 Å². The van der Waals surface area contributed by atoms with Gasteiger partial charge in [-0.25, -0.2) is 4.79 Å². The number of aliphatic hydroxyl groups excluding tert-OH is 1. The third-order valence-electron chi connectivity index (χ3n) is 3.81. The summed E-state index contributed by atoms with van der Waals surface area (Å²) in [7, 11) is 0. The number of amides is 3. The first kappa shape index (κ1) is 20.6. The summed E-state index contributed by atoms with van der Waals surface area (Å²) in [4.78, 5) is 46.1. The number of hydrogen-bond acceptors (Lipinski definition) is 6. The van der Waals surface area contributed by atoms with Gasteiger partial charge in [0, 0.05) is 18.7 Å². The van der Waals surface area contributed by atoms with Crippen LogP contribution in [0.3, 0.4) is 0 Å². The van der Waals surface area contributed by atoms with Crippen molar-refractivity contribution in [3.63, 3.8) is 0 Å².